The van der Waals surface area contributed by atoms with Gasteiger partial charge in [-0.3, -0.25) is 4.57 Å². The number of aromatic nitrogens is 4. The van der Waals surface area contributed by atoms with Crippen molar-refractivity contribution < 1.29 is 20.1 Å². The zero-order valence-corrected chi connectivity index (χ0v) is 9.75. The molecule has 9 heteroatoms. The molecular formula is C10H13N5O4. The summed E-state index contributed by atoms with van der Waals surface area (Å²) in [5, 5.41) is 24.1. The Hall–Kier alpha value is -1.81. The Labute approximate surface area is 108 Å². The van der Waals surface area contributed by atoms with E-state index in [2.05, 4.69) is 20.1 Å². The van der Waals surface area contributed by atoms with Gasteiger partial charge in [0.05, 0.1) is 12.9 Å². The lowest BCUT2D eigenvalue weighted by Gasteiger charge is -2.16. The molecular weight excluding hydrogens is 254 g/mol. The topological polar surface area (TPSA) is 140 Å². The molecule has 2 aromatic heterocycles. The molecule has 1 unspecified atom stereocenters. The molecule has 1 aliphatic rings. The van der Waals surface area contributed by atoms with Gasteiger partial charge in [0.15, 0.2) is 17.7 Å². The number of nitrogens with two attached hydrogens (primary N) is 1. The lowest BCUT2D eigenvalue weighted by Crippen LogP contribution is -2.33. The highest BCUT2D eigenvalue weighted by molar-refractivity contribution is 5.81. The average molecular weight is 268 g/mol. The van der Waals surface area contributed by atoms with Crippen molar-refractivity contribution in [2.45, 2.75) is 24.5 Å². The second-order valence-corrected chi connectivity index (χ2v) is 4.30. The van der Waals surface area contributed by atoms with E-state index in [4.69, 9.17) is 11.9 Å². The van der Waals surface area contributed by atoms with Crippen molar-refractivity contribution >= 4 is 17.0 Å². The zero-order valence-electron chi connectivity index (χ0n) is 10.7. The number of nitrogens with zero attached hydrogens (tertiary/aromatic N) is 4. The first-order chi connectivity index (χ1) is 9.63. The van der Waals surface area contributed by atoms with Crippen LogP contribution >= 0.6 is 0 Å². The number of aliphatic hydroxyl groups excluding tert-OH is 3. The van der Waals surface area contributed by atoms with Crippen molar-refractivity contribution in [2.24, 2.45) is 0 Å². The first-order valence-corrected chi connectivity index (χ1v) is 5.66. The fraction of sp³-hybridized carbons (Fsp3) is 0.500. The molecule has 0 saturated carbocycles. The standard InChI is InChI=1S/C10H13N5O4/c11-8-5-9(13-2-12-8)15(3-14-5)10-7(18)6(17)4(1-16)19-10/h2-4,6-7,10,16-18H,1H2,(H2,11,12,13)/t4-,6?,7+,10-/m1/s1/i16D. The number of rotatable bonds is 3. The van der Waals surface area contributed by atoms with E-state index in [9.17, 15) is 10.2 Å². The van der Waals surface area contributed by atoms with E-state index in [-0.39, 0.29) is 12.4 Å². The van der Waals surface area contributed by atoms with E-state index in [1.165, 1.54) is 17.2 Å². The molecule has 2 aromatic rings. The van der Waals surface area contributed by atoms with Crippen LogP contribution < -0.4 is 5.73 Å². The number of nitrogen functional groups attached to an aromatic ring is 1. The minimum absolute atomic E-state index is 0.154. The van der Waals surface area contributed by atoms with Crippen molar-refractivity contribution in [3.8, 4) is 0 Å². The number of hydrogen-bond acceptors (Lipinski definition) is 8. The predicted octanol–water partition coefficient (Wildman–Crippen LogP) is -1.98. The van der Waals surface area contributed by atoms with Gasteiger partial charge in [0, 0.05) is 0 Å². The first-order valence-electron chi connectivity index (χ1n) is 6.07. The molecule has 0 spiro atoms. The van der Waals surface area contributed by atoms with Gasteiger partial charge >= 0.3 is 0 Å². The van der Waals surface area contributed by atoms with Crippen molar-refractivity contribution in [2.75, 3.05) is 12.3 Å². The number of ether oxygens (including phenoxy) is 1. The third kappa shape index (κ3) is 1.75. The largest absolute Gasteiger partial charge is 0.394 e. The summed E-state index contributed by atoms with van der Waals surface area (Å²) >= 11 is 0. The molecule has 4 atom stereocenters. The Kier molecular flexibility index (Phi) is 2.55. The molecule has 0 bridgehead atoms. The highest BCUT2D eigenvalue weighted by atomic mass is 16.6. The van der Waals surface area contributed by atoms with Crippen LogP contribution in [0.4, 0.5) is 5.82 Å². The van der Waals surface area contributed by atoms with E-state index in [1.54, 1.807) is 0 Å². The molecule has 0 aliphatic carbocycles. The Morgan fingerprint density at radius 1 is 1.37 bits per heavy atom. The molecule has 5 N–H and O–H groups in total. The zero-order chi connectivity index (χ0) is 14.3. The summed E-state index contributed by atoms with van der Waals surface area (Å²) in [7, 11) is 0. The highest BCUT2D eigenvalue weighted by Gasteiger charge is 2.43. The van der Waals surface area contributed by atoms with Gasteiger partial charge in [0.1, 0.15) is 30.2 Å². The number of fused-ring (bicyclic) bond motifs is 1. The van der Waals surface area contributed by atoms with Gasteiger partial charge in [-0.1, -0.05) is 0 Å². The number of hydrogen-bond donors (Lipinski definition) is 4. The Balaban J connectivity index is 1.97. The third-order valence-electron chi connectivity index (χ3n) is 3.16. The second-order valence-electron chi connectivity index (χ2n) is 4.30. The fourth-order valence-corrected chi connectivity index (χ4v) is 2.15. The third-order valence-corrected chi connectivity index (χ3v) is 3.16. The summed E-state index contributed by atoms with van der Waals surface area (Å²) < 4.78 is 13.7. The molecule has 0 radical (unpaired) electrons. The molecule has 9 nitrogen and oxygen atoms in total. The van der Waals surface area contributed by atoms with Crippen LogP contribution in [0.15, 0.2) is 12.7 Å². The summed E-state index contributed by atoms with van der Waals surface area (Å²) in [6.07, 6.45) is -1.36. The van der Waals surface area contributed by atoms with Crippen LogP contribution in [0.2, 0.25) is 0 Å². The fourth-order valence-electron chi connectivity index (χ4n) is 2.15. The summed E-state index contributed by atoms with van der Waals surface area (Å²) in [6.45, 7) is -0.154. The maximum absolute atomic E-state index is 10.0. The SMILES string of the molecule is [2H]OC[C@H]1O[C@@H](n2cnc3c(N)ncnc32)[C@@H](O)C1O. The smallest absolute Gasteiger partial charge is 0.210 e. The normalized spacial score (nSPS) is 31.8. The van der Waals surface area contributed by atoms with Crippen molar-refractivity contribution in [3.63, 3.8) is 0 Å². The molecule has 1 fully saturated rings. The van der Waals surface area contributed by atoms with Crippen LogP contribution in [-0.4, -0.2) is 61.2 Å². The van der Waals surface area contributed by atoms with Crippen molar-refractivity contribution in [1.82, 2.24) is 19.5 Å². The van der Waals surface area contributed by atoms with Crippen LogP contribution in [0.3, 0.4) is 0 Å². The Morgan fingerprint density at radius 2 is 2.21 bits per heavy atom. The van der Waals surface area contributed by atoms with Crippen LogP contribution in [0, 0.1) is 0 Å². The molecule has 3 heterocycles. The summed E-state index contributed by atoms with van der Waals surface area (Å²) in [6, 6.07) is 0. The number of aliphatic hydroxyl groups is 3. The molecule has 1 saturated heterocycles. The van der Waals surface area contributed by atoms with Crippen molar-refractivity contribution in [1.29, 1.82) is 1.43 Å². The molecule has 19 heavy (non-hydrogen) atoms. The molecule has 3 rings (SSSR count). The van der Waals surface area contributed by atoms with Gasteiger partial charge in [-0.2, -0.15) is 0 Å². The second kappa shape index (κ2) is 4.38. The van der Waals surface area contributed by atoms with Crippen LogP contribution in [0.5, 0.6) is 0 Å². The molecule has 0 amide bonds. The average Bonchev–Trinajstić information content (AvgIpc) is 2.97. The highest BCUT2D eigenvalue weighted by Crippen LogP contribution is 2.31. The molecule has 102 valence electrons. The van der Waals surface area contributed by atoms with Gasteiger partial charge in [0.2, 0.25) is 1.43 Å². The summed E-state index contributed by atoms with van der Waals surface area (Å²) in [5.41, 5.74) is 6.46. The first kappa shape index (κ1) is 11.1. The Bertz CT molecular complexity index is 623. The minimum atomic E-state index is -1.19. The number of imidazole rings is 1. The minimum Gasteiger partial charge on any atom is -0.394 e. The Morgan fingerprint density at radius 3 is 3.00 bits per heavy atom. The van der Waals surface area contributed by atoms with E-state index >= 15 is 0 Å². The van der Waals surface area contributed by atoms with Crippen LogP contribution in [0.25, 0.3) is 11.2 Å². The van der Waals surface area contributed by atoms with Gasteiger partial charge in [-0.05, 0) is 0 Å². The predicted molar refractivity (Wildman–Crippen MR) is 62.7 cm³/mol. The summed E-state index contributed by atoms with van der Waals surface area (Å²) in [5.74, 6) is 0.216. The lowest BCUT2D eigenvalue weighted by atomic mass is 10.1. The van der Waals surface area contributed by atoms with E-state index in [0.717, 1.165) is 0 Å². The maximum atomic E-state index is 10.0. The van der Waals surface area contributed by atoms with Gasteiger partial charge in [-0.15, -0.1) is 0 Å². The lowest BCUT2D eigenvalue weighted by molar-refractivity contribution is -0.0511. The number of anilines is 1. The quantitative estimate of drug-likeness (QED) is 0.502. The monoisotopic (exact) mass is 268 g/mol. The van der Waals surface area contributed by atoms with Crippen LogP contribution in [0.1, 0.15) is 6.23 Å². The van der Waals surface area contributed by atoms with Crippen LogP contribution in [-0.2, 0) is 4.74 Å². The van der Waals surface area contributed by atoms with E-state index < -0.39 is 24.5 Å². The van der Waals surface area contributed by atoms with E-state index in [1.807, 2.05) is 0 Å². The summed E-state index contributed by atoms with van der Waals surface area (Å²) in [4.78, 5) is 11.9. The molecule has 0 aromatic carbocycles. The van der Waals surface area contributed by atoms with Gasteiger partial charge < -0.3 is 25.8 Å². The maximum Gasteiger partial charge on any atom is 0.210 e. The molecule has 1 aliphatic heterocycles. The van der Waals surface area contributed by atoms with E-state index in [0.29, 0.717) is 11.2 Å². The van der Waals surface area contributed by atoms with Gasteiger partial charge in [0.25, 0.3) is 0 Å². The van der Waals surface area contributed by atoms with Gasteiger partial charge in [-0.25, -0.2) is 15.0 Å². The van der Waals surface area contributed by atoms with Crippen molar-refractivity contribution in [3.05, 3.63) is 12.7 Å².